The van der Waals surface area contributed by atoms with Gasteiger partial charge in [0, 0.05) is 24.8 Å². The van der Waals surface area contributed by atoms with Crippen LogP contribution in [0.25, 0.3) is 0 Å². The molecule has 0 aliphatic carbocycles. The highest BCUT2D eigenvalue weighted by Crippen LogP contribution is 2.31. The number of benzene rings is 1. The van der Waals surface area contributed by atoms with Crippen molar-refractivity contribution in [1.29, 1.82) is 0 Å². The van der Waals surface area contributed by atoms with E-state index >= 15 is 0 Å². The fraction of sp³-hybridized carbons (Fsp3) is 0.294. The number of fused-ring (bicyclic) bond motifs is 1. The Hall–Kier alpha value is -2.14. The summed E-state index contributed by atoms with van der Waals surface area (Å²) in [7, 11) is 0. The monoisotopic (exact) mass is 315 g/mol. The van der Waals surface area contributed by atoms with Crippen LogP contribution in [0.2, 0.25) is 0 Å². The summed E-state index contributed by atoms with van der Waals surface area (Å²) in [4.78, 5) is 24.7. The van der Waals surface area contributed by atoms with Crippen LogP contribution in [0, 0.1) is 0 Å². The number of para-hydroxylation sites is 1. The molecule has 22 heavy (non-hydrogen) atoms. The minimum Gasteiger partial charge on any atom is -0.493 e. The number of hydrogen-bond acceptors (Lipinski definition) is 4. The fourth-order valence-corrected chi connectivity index (χ4v) is 3.24. The molecule has 3 rings (SSSR count). The van der Waals surface area contributed by atoms with Crippen molar-refractivity contribution < 1.29 is 14.3 Å². The highest BCUT2D eigenvalue weighted by molar-refractivity contribution is 7.12. The van der Waals surface area contributed by atoms with Crippen LogP contribution in [0.5, 0.6) is 5.75 Å². The van der Waals surface area contributed by atoms with Gasteiger partial charge in [0.2, 0.25) is 5.91 Å². The molecule has 1 aromatic heterocycles. The lowest BCUT2D eigenvalue weighted by Crippen LogP contribution is -2.32. The number of carbonyl (C=O) groups excluding carboxylic acids is 2. The molecule has 114 valence electrons. The summed E-state index contributed by atoms with van der Waals surface area (Å²) >= 11 is 1.41. The quantitative estimate of drug-likeness (QED) is 0.861. The van der Waals surface area contributed by atoms with Crippen LogP contribution in [-0.4, -0.2) is 18.3 Å². The van der Waals surface area contributed by atoms with Gasteiger partial charge in [-0.05, 0) is 17.5 Å². The third-order valence-electron chi connectivity index (χ3n) is 3.67. The largest absolute Gasteiger partial charge is 0.493 e. The first-order valence-corrected chi connectivity index (χ1v) is 8.20. The average molecular weight is 315 g/mol. The standard InChI is InChI=1S/C17H17NO3S/c19-14(16-6-3-11-22-16)7-8-17(20)18-13-9-10-21-15-5-2-1-4-12(13)15/h1-6,11,13H,7-10H2,(H,18,20)/t13-/m1/s1. The zero-order chi connectivity index (χ0) is 15.4. The molecule has 1 atom stereocenters. The van der Waals surface area contributed by atoms with Crippen molar-refractivity contribution in [1.82, 2.24) is 5.32 Å². The van der Waals surface area contributed by atoms with E-state index in [0.717, 1.165) is 17.7 Å². The van der Waals surface area contributed by atoms with Crippen molar-refractivity contribution in [2.24, 2.45) is 0 Å². The lowest BCUT2D eigenvalue weighted by atomic mass is 10.0. The third-order valence-corrected chi connectivity index (χ3v) is 4.58. The summed E-state index contributed by atoms with van der Waals surface area (Å²) < 4.78 is 5.58. The van der Waals surface area contributed by atoms with Gasteiger partial charge < -0.3 is 10.1 Å². The normalized spacial score (nSPS) is 16.5. The van der Waals surface area contributed by atoms with Crippen LogP contribution >= 0.6 is 11.3 Å². The summed E-state index contributed by atoms with van der Waals surface area (Å²) in [5.41, 5.74) is 1.01. The topological polar surface area (TPSA) is 55.4 Å². The number of ketones is 1. The maximum atomic E-state index is 12.1. The van der Waals surface area contributed by atoms with Gasteiger partial charge in [0.25, 0.3) is 0 Å². The second kappa shape index (κ2) is 6.75. The Morgan fingerprint density at radius 3 is 2.86 bits per heavy atom. The van der Waals surface area contributed by atoms with Crippen molar-refractivity contribution in [3.8, 4) is 5.75 Å². The smallest absolute Gasteiger partial charge is 0.220 e. The zero-order valence-electron chi connectivity index (χ0n) is 12.1. The van der Waals surface area contributed by atoms with E-state index in [9.17, 15) is 9.59 Å². The second-order valence-corrected chi connectivity index (χ2v) is 6.14. The van der Waals surface area contributed by atoms with E-state index in [1.807, 2.05) is 35.7 Å². The Morgan fingerprint density at radius 2 is 2.05 bits per heavy atom. The Morgan fingerprint density at radius 1 is 1.18 bits per heavy atom. The van der Waals surface area contributed by atoms with Crippen LogP contribution < -0.4 is 10.1 Å². The summed E-state index contributed by atoms with van der Waals surface area (Å²) in [5.74, 6) is 0.762. The highest BCUT2D eigenvalue weighted by atomic mass is 32.1. The van der Waals surface area contributed by atoms with Crippen molar-refractivity contribution in [2.75, 3.05) is 6.61 Å². The van der Waals surface area contributed by atoms with E-state index in [2.05, 4.69) is 5.32 Å². The lowest BCUT2D eigenvalue weighted by Gasteiger charge is -2.26. The van der Waals surface area contributed by atoms with E-state index < -0.39 is 0 Å². The first kappa shape index (κ1) is 14.8. The van der Waals surface area contributed by atoms with Gasteiger partial charge in [-0.2, -0.15) is 0 Å². The van der Waals surface area contributed by atoms with Gasteiger partial charge in [-0.15, -0.1) is 11.3 Å². The first-order chi connectivity index (χ1) is 10.7. The zero-order valence-corrected chi connectivity index (χ0v) is 12.9. The van der Waals surface area contributed by atoms with E-state index in [4.69, 9.17) is 4.74 Å². The van der Waals surface area contributed by atoms with Gasteiger partial charge in [-0.3, -0.25) is 9.59 Å². The molecule has 0 unspecified atom stereocenters. The van der Waals surface area contributed by atoms with Gasteiger partial charge in [0.05, 0.1) is 17.5 Å². The molecule has 5 heteroatoms. The molecule has 0 saturated heterocycles. The van der Waals surface area contributed by atoms with Crippen LogP contribution in [0.4, 0.5) is 0 Å². The van der Waals surface area contributed by atoms with E-state index in [0.29, 0.717) is 11.5 Å². The molecule has 0 radical (unpaired) electrons. The summed E-state index contributed by atoms with van der Waals surface area (Å²) in [5, 5.41) is 4.88. The molecule has 0 fully saturated rings. The van der Waals surface area contributed by atoms with Crippen molar-refractivity contribution in [2.45, 2.75) is 25.3 Å². The molecule has 0 saturated carbocycles. The minimum atomic E-state index is -0.0911. The number of Topliss-reactive ketones (excluding diaryl/α,β-unsaturated/α-hetero) is 1. The van der Waals surface area contributed by atoms with E-state index in [1.54, 1.807) is 6.07 Å². The number of nitrogens with one attached hydrogen (secondary N) is 1. The van der Waals surface area contributed by atoms with Crippen LogP contribution in [0.3, 0.4) is 0 Å². The molecular weight excluding hydrogens is 298 g/mol. The van der Waals surface area contributed by atoms with Gasteiger partial charge in [0.1, 0.15) is 5.75 Å². The Balaban J connectivity index is 1.55. The van der Waals surface area contributed by atoms with Gasteiger partial charge in [-0.25, -0.2) is 0 Å². The molecule has 1 aliphatic heterocycles. The molecule has 0 bridgehead atoms. The van der Waals surface area contributed by atoms with Crippen molar-refractivity contribution in [3.05, 3.63) is 52.2 Å². The van der Waals surface area contributed by atoms with Gasteiger partial charge >= 0.3 is 0 Å². The Kier molecular flexibility index (Phi) is 4.53. The SMILES string of the molecule is O=C(CCC(=O)c1cccs1)N[C@@H]1CCOc2ccccc21. The molecule has 1 aliphatic rings. The van der Waals surface area contributed by atoms with Crippen molar-refractivity contribution >= 4 is 23.0 Å². The number of ether oxygens (including phenoxy) is 1. The van der Waals surface area contributed by atoms with E-state index in [1.165, 1.54) is 11.3 Å². The van der Waals surface area contributed by atoms with Gasteiger partial charge in [0.15, 0.2) is 5.78 Å². The first-order valence-electron chi connectivity index (χ1n) is 7.32. The number of carbonyl (C=O) groups is 2. The molecule has 2 aromatic rings. The predicted molar refractivity (Wildman–Crippen MR) is 85.3 cm³/mol. The lowest BCUT2D eigenvalue weighted by molar-refractivity contribution is -0.122. The maximum Gasteiger partial charge on any atom is 0.220 e. The number of hydrogen-bond donors (Lipinski definition) is 1. The summed E-state index contributed by atoms with van der Waals surface area (Å²) in [6.45, 7) is 0.593. The van der Waals surface area contributed by atoms with Gasteiger partial charge in [-0.1, -0.05) is 24.3 Å². The Bertz CT molecular complexity index is 666. The molecule has 1 N–H and O–H groups in total. The molecule has 1 aromatic carbocycles. The molecule has 2 heterocycles. The maximum absolute atomic E-state index is 12.1. The number of rotatable bonds is 5. The Labute approximate surface area is 133 Å². The van der Waals surface area contributed by atoms with Crippen LogP contribution in [-0.2, 0) is 4.79 Å². The molecular formula is C17H17NO3S. The molecule has 4 nitrogen and oxygen atoms in total. The van der Waals surface area contributed by atoms with Crippen molar-refractivity contribution in [3.63, 3.8) is 0 Å². The van der Waals surface area contributed by atoms with Crippen LogP contribution in [0.1, 0.15) is 40.5 Å². The highest BCUT2D eigenvalue weighted by Gasteiger charge is 2.22. The summed E-state index contributed by atoms with van der Waals surface area (Å²) in [6.07, 6.45) is 1.22. The number of thiophene rings is 1. The van der Waals surface area contributed by atoms with E-state index in [-0.39, 0.29) is 30.6 Å². The molecule has 0 spiro atoms. The summed E-state index contributed by atoms with van der Waals surface area (Å²) in [6, 6.07) is 11.3. The fourth-order valence-electron chi connectivity index (χ4n) is 2.55. The third kappa shape index (κ3) is 3.36. The van der Waals surface area contributed by atoms with Crippen LogP contribution in [0.15, 0.2) is 41.8 Å². The molecule has 1 amide bonds. The second-order valence-electron chi connectivity index (χ2n) is 5.20. The predicted octanol–water partition coefficient (Wildman–Crippen LogP) is 3.35. The average Bonchev–Trinajstić information content (AvgIpc) is 3.07. The minimum absolute atomic E-state index is 0.0255. The number of amides is 1.